The lowest BCUT2D eigenvalue weighted by molar-refractivity contribution is 0.0768. The molecule has 0 aromatic heterocycles. The Morgan fingerprint density at radius 3 is 2.69 bits per heavy atom. The van der Waals surface area contributed by atoms with Gasteiger partial charge in [0.05, 0.1) is 19.3 Å². The number of morpholine rings is 1. The third-order valence-corrected chi connectivity index (χ3v) is 2.22. The quantitative estimate of drug-likeness (QED) is 0.677. The zero-order chi connectivity index (χ0) is 9.10. The van der Waals surface area contributed by atoms with Crippen molar-refractivity contribution in [2.75, 3.05) is 19.8 Å². The summed E-state index contributed by atoms with van der Waals surface area (Å²) in [5.74, 6) is 0.306. The van der Waals surface area contributed by atoms with E-state index in [-0.39, 0.29) is 6.04 Å². The smallest absolute Gasteiger partial charge is 0.115 e. The van der Waals surface area contributed by atoms with Crippen LogP contribution >= 0.6 is 0 Å². The van der Waals surface area contributed by atoms with Gasteiger partial charge < -0.3 is 15.2 Å². The summed E-state index contributed by atoms with van der Waals surface area (Å²) in [7, 11) is 0. The van der Waals surface area contributed by atoms with Gasteiger partial charge in [-0.25, -0.2) is 0 Å². The second kappa shape index (κ2) is 3.77. The molecule has 1 unspecified atom stereocenters. The highest BCUT2D eigenvalue weighted by atomic mass is 16.5. The minimum absolute atomic E-state index is 0.273. The molecule has 1 atom stereocenters. The second-order valence-corrected chi connectivity index (χ2v) is 3.17. The van der Waals surface area contributed by atoms with E-state index >= 15 is 0 Å². The van der Waals surface area contributed by atoms with Gasteiger partial charge in [0, 0.05) is 6.54 Å². The van der Waals surface area contributed by atoms with Crippen LogP contribution in [-0.2, 0) is 4.74 Å². The average molecular weight is 179 g/mol. The molecule has 2 N–H and O–H groups in total. The Kier molecular flexibility index (Phi) is 2.47. The molecule has 1 saturated heterocycles. The van der Waals surface area contributed by atoms with Crippen LogP contribution in [0.3, 0.4) is 0 Å². The molecular formula is C10H13NO2. The van der Waals surface area contributed by atoms with Gasteiger partial charge in [-0.1, -0.05) is 12.1 Å². The van der Waals surface area contributed by atoms with Gasteiger partial charge >= 0.3 is 0 Å². The van der Waals surface area contributed by atoms with Crippen molar-refractivity contribution in [3.05, 3.63) is 29.8 Å². The highest BCUT2D eigenvalue weighted by molar-refractivity contribution is 5.28. The van der Waals surface area contributed by atoms with E-state index in [0.29, 0.717) is 12.4 Å². The molecule has 13 heavy (non-hydrogen) atoms. The zero-order valence-corrected chi connectivity index (χ0v) is 7.36. The molecule has 0 spiro atoms. The molecule has 0 bridgehead atoms. The van der Waals surface area contributed by atoms with Crippen LogP contribution in [0.5, 0.6) is 5.75 Å². The molecule has 1 heterocycles. The highest BCUT2D eigenvalue weighted by Crippen LogP contribution is 2.18. The molecule has 3 nitrogen and oxygen atoms in total. The van der Waals surface area contributed by atoms with Crippen LogP contribution in [0.25, 0.3) is 0 Å². The number of benzene rings is 1. The van der Waals surface area contributed by atoms with Crippen LogP contribution in [0.2, 0.25) is 0 Å². The van der Waals surface area contributed by atoms with E-state index in [1.165, 1.54) is 0 Å². The van der Waals surface area contributed by atoms with Crippen molar-refractivity contribution < 1.29 is 9.84 Å². The Morgan fingerprint density at radius 2 is 2.08 bits per heavy atom. The number of hydrogen-bond donors (Lipinski definition) is 2. The van der Waals surface area contributed by atoms with Gasteiger partial charge in [0.25, 0.3) is 0 Å². The van der Waals surface area contributed by atoms with Crippen molar-refractivity contribution in [1.82, 2.24) is 5.32 Å². The summed E-state index contributed by atoms with van der Waals surface area (Å²) in [6, 6.07) is 7.51. The number of rotatable bonds is 1. The van der Waals surface area contributed by atoms with Crippen molar-refractivity contribution in [3.63, 3.8) is 0 Å². The number of ether oxygens (including phenoxy) is 1. The largest absolute Gasteiger partial charge is 0.508 e. The Morgan fingerprint density at radius 1 is 1.31 bits per heavy atom. The summed E-state index contributed by atoms with van der Waals surface area (Å²) in [4.78, 5) is 0. The summed E-state index contributed by atoms with van der Waals surface area (Å²) in [6.45, 7) is 2.39. The van der Waals surface area contributed by atoms with Crippen LogP contribution < -0.4 is 5.32 Å². The lowest BCUT2D eigenvalue weighted by Gasteiger charge is -2.24. The maximum atomic E-state index is 9.10. The van der Waals surface area contributed by atoms with E-state index in [1.807, 2.05) is 12.1 Å². The second-order valence-electron chi connectivity index (χ2n) is 3.17. The van der Waals surface area contributed by atoms with Gasteiger partial charge in [-0.05, 0) is 17.7 Å². The first-order chi connectivity index (χ1) is 6.36. The maximum absolute atomic E-state index is 9.10. The third-order valence-electron chi connectivity index (χ3n) is 2.22. The van der Waals surface area contributed by atoms with Crippen molar-refractivity contribution in [2.24, 2.45) is 0 Å². The lowest BCUT2D eigenvalue weighted by atomic mass is 10.1. The Bertz CT molecular complexity index is 265. The molecule has 1 fully saturated rings. The molecule has 1 aromatic rings. The van der Waals surface area contributed by atoms with E-state index in [4.69, 9.17) is 9.84 Å². The SMILES string of the molecule is Oc1ccc(C2COCCN2)cc1. The Balaban J connectivity index is 2.10. The molecule has 1 aliphatic rings. The van der Waals surface area contributed by atoms with E-state index in [2.05, 4.69) is 5.32 Å². The van der Waals surface area contributed by atoms with Crippen molar-refractivity contribution in [2.45, 2.75) is 6.04 Å². The van der Waals surface area contributed by atoms with Crippen LogP contribution in [0.1, 0.15) is 11.6 Å². The third kappa shape index (κ3) is 1.99. The van der Waals surface area contributed by atoms with Crippen LogP contribution in [0, 0.1) is 0 Å². The molecule has 3 heteroatoms. The van der Waals surface area contributed by atoms with E-state index < -0.39 is 0 Å². The predicted octanol–water partition coefficient (Wildman–Crippen LogP) is 1.05. The van der Waals surface area contributed by atoms with Crippen LogP contribution in [-0.4, -0.2) is 24.9 Å². The van der Waals surface area contributed by atoms with Crippen LogP contribution in [0.15, 0.2) is 24.3 Å². The monoisotopic (exact) mass is 179 g/mol. The van der Waals surface area contributed by atoms with E-state index in [0.717, 1.165) is 18.7 Å². The van der Waals surface area contributed by atoms with Crippen LogP contribution in [0.4, 0.5) is 0 Å². The van der Waals surface area contributed by atoms with Gasteiger partial charge in [-0.3, -0.25) is 0 Å². The number of nitrogens with one attached hydrogen (secondary N) is 1. The number of phenols is 1. The first-order valence-electron chi connectivity index (χ1n) is 4.46. The van der Waals surface area contributed by atoms with Gasteiger partial charge in [0.1, 0.15) is 5.75 Å². The molecule has 70 valence electrons. The summed E-state index contributed by atoms with van der Waals surface area (Å²) < 4.78 is 5.34. The summed E-state index contributed by atoms with van der Waals surface area (Å²) in [5.41, 5.74) is 1.16. The molecule has 0 saturated carbocycles. The van der Waals surface area contributed by atoms with Crippen molar-refractivity contribution in [3.8, 4) is 5.75 Å². The first kappa shape index (κ1) is 8.53. The topological polar surface area (TPSA) is 41.5 Å². The predicted molar refractivity (Wildman–Crippen MR) is 49.7 cm³/mol. The van der Waals surface area contributed by atoms with Crippen molar-refractivity contribution in [1.29, 1.82) is 0 Å². The van der Waals surface area contributed by atoms with Gasteiger partial charge in [0.15, 0.2) is 0 Å². The molecule has 0 aliphatic carbocycles. The minimum Gasteiger partial charge on any atom is -0.508 e. The molecule has 1 aliphatic heterocycles. The standard InChI is InChI=1S/C10H13NO2/c12-9-3-1-8(2-4-9)10-7-13-6-5-11-10/h1-4,10-12H,5-7H2. The normalized spacial score (nSPS) is 22.9. The van der Waals surface area contributed by atoms with E-state index in [1.54, 1.807) is 12.1 Å². The van der Waals surface area contributed by atoms with Gasteiger partial charge in [-0.15, -0.1) is 0 Å². The summed E-state index contributed by atoms with van der Waals surface area (Å²) in [5, 5.41) is 12.5. The van der Waals surface area contributed by atoms with Gasteiger partial charge in [0.2, 0.25) is 0 Å². The summed E-state index contributed by atoms with van der Waals surface area (Å²) >= 11 is 0. The number of hydrogen-bond acceptors (Lipinski definition) is 3. The fourth-order valence-electron chi connectivity index (χ4n) is 1.49. The number of phenolic OH excluding ortho intramolecular Hbond substituents is 1. The Labute approximate surface area is 77.3 Å². The molecule has 2 rings (SSSR count). The van der Waals surface area contributed by atoms with E-state index in [9.17, 15) is 0 Å². The maximum Gasteiger partial charge on any atom is 0.115 e. The van der Waals surface area contributed by atoms with Crippen molar-refractivity contribution >= 4 is 0 Å². The lowest BCUT2D eigenvalue weighted by Crippen LogP contribution is -2.34. The fraction of sp³-hybridized carbons (Fsp3) is 0.400. The number of aromatic hydroxyl groups is 1. The summed E-state index contributed by atoms with van der Waals surface area (Å²) in [6.07, 6.45) is 0. The fourth-order valence-corrected chi connectivity index (χ4v) is 1.49. The molecule has 1 aromatic carbocycles. The highest BCUT2D eigenvalue weighted by Gasteiger charge is 2.14. The van der Waals surface area contributed by atoms with Gasteiger partial charge in [-0.2, -0.15) is 0 Å². The first-order valence-corrected chi connectivity index (χ1v) is 4.46. The minimum atomic E-state index is 0.273. The molecular weight excluding hydrogens is 166 g/mol. The molecule has 0 radical (unpaired) electrons. The zero-order valence-electron chi connectivity index (χ0n) is 7.36. The Hall–Kier alpha value is -1.06. The average Bonchev–Trinajstić information content (AvgIpc) is 2.20. The molecule has 0 amide bonds.